The van der Waals surface area contributed by atoms with E-state index in [1.54, 1.807) is 0 Å². The van der Waals surface area contributed by atoms with Gasteiger partial charge >= 0.3 is 0 Å². The van der Waals surface area contributed by atoms with Crippen LogP contribution in [0.15, 0.2) is 48.9 Å². The highest BCUT2D eigenvalue weighted by molar-refractivity contribution is 8.48. The van der Waals surface area contributed by atoms with Gasteiger partial charge in [-0.1, -0.05) is 37.5 Å². The fourth-order valence-corrected chi connectivity index (χ4v) is 10.4. The topological polar surface area (TPSA) is 12.0 Å². The van der Waals surface area contributed by atoms with Crippen molar-refractivity contribution in [1.29, 1.82) is 0 Å². The predicted molar refractivity (Wildman–Crippen MR) is 73.8 cm³/mol. The summed E-state index contributed by atoms with van der Waals surface area (Å²) in [6, 6.07) is 0. The molecule has 0 aromatic rings. The summed E-state index contributed by atoms with van der Waals surface area (Å²) in [5, 5.41) is 6.02. The molecule has 0 radical (unpaired) electrons. The number of hydrogen-bond acceptors (Lipinski definition) is 1. The van der Waals surface area contributed by atoms with Crippen molar-refractivity contribution in [2.24, 2.45) is 0 Å². The lowest BCUT2D eigenvalue weighted by atomic mass is 10.1. The molecule has 3 aliphatic heterocycles. The summed E-state index contributed by atoms with van der Waals surface area (Å²) in [4.78, 5) is 0. The lowest BCUT2D eigenvalue weighted by Crippen LogP contribution is -2.08. The Kier molecular flexibility index (Phi) is 1.72. The molecule has 3 fully saturated rings. The van der Waals surface area contributed by atoms with Gasteiger partial charge in [0.05, 0.1) is 0 Å². The van der Waals surface area contributed by atoms with Gasteiger partial charge < -0.3 is 5.32 Å². The van der Waals surface area contributed by atoms with E-state index < -0.39 is 10.0 Å². The maximum atomic E-state index is 4.16. The molecule has 0 aromatic carbocycles. The Balaban J connectivity index is 1.99. The standard InChI is InChI=1S/C14H19NS/c1-7(2)11-12(8(3)4)16(11)13-9(5)15-10(6)14(13)16/h11-15H,1,3,5-6H2,2,4H3. The zero-order valence-corrected chi connectivity index (χ0v) is 10.9. The molecule has 1 N–H and O–H groups in total. The van der Waals surface area contributed by atoms with Crippen molar-refractivity contribution >= 4 is 10.0 Å². The highest BCUT2D eigenvalue weighted by Crippen LogP contribution is 2.98. The van der Waals surface area contributed by atoms with Gasteiger partial charge in [-0.25, -0.2) is 10.0 Å². The minimum Gasteiger partial charge on any atom is -0.361 e. The zero-order chi connectivity index (χ0) is 11.8. The molecular formula is C14H19NS. The largest absolute Gasteiger partial charge is 0.361 e. The van der Waals surface area contributed by atoms with E-state index >= 15 is 0 Å². The van der Waals surface area contributed by atoms with Crippen LogP contribution in [0.5, 0.6) is 0 Å². The lowest BCUT2D eigenvalue weighted by molar-refractivity contribution is 1.07. The van der Waals surface area contributed by atoms with Gasteiger partial charge in [-0.3, -0.25) is 0 Å². The summed E-state index contributed by atoms with van der Waals surface area (Å²) in [7, 11) is -0.589. The van der Waals surface area contributed by atoms with Crippen LogP contribution in [0.1, 0.15) is 13.8 Å². The Labute approximate surface area is 99.3 Å². The van der Waals surface area contributed by atoms with Crippen molar-refractivity contribution in [3.63, 3.8) is 0 Å². The molecule has 0 saturated carbocycles. The first-order valence-electron chi connectivity index (χ1n) is 5.68. The second kappa shape index (κ2) is 2.67. The first-order valence-corrected chi connectivity index (χ1v) is 7.56. The van der Waals surface area contributed by atoms with E-state index in [1.165, 1.54) is 22.5 Å². The Hall–Kier alpha value is -0.890. The van der Waals surface area contributed by atoms with Gasteiger partial charge in [0, 0.05) is 32.4 Å². The molecule has 0 amide bonds. The molecule has 4 unspecified atom stereocenters. The molecule has 0 aliphatic carbocycles. The first-order chi connectivity index (χ1) is 7.44. The molecular weight excluding hydrogens is 214 g/mol. The van der Waals surface area contributed by atoms with E-state index in [9.17, 15) is 0 Å². The molecule has 2 heteroatoms. The van der Waals surface area contributed by atoms with Crippen molar-refractivity contribution in [3.8, 4) is 0 Å². The van der Waals surface area contributed by atoms with Crippen molar-refractivity contribution in [2.45, 2.75) is 34.8 Å². The van der Waals surface area contributed by atoms with Crippen molar-refractivity contribution < 1.29 is 0 Å². The van der Waals surface area contributed by atoms with Crippen LogP contribution < -0.4 is 5.32 Å². The monoisotopic (exact) mass is 233 g/mol. The van der Waals surface area contributed by atoms with Crippen LogP contribution in [0.2, 0.25) is 0 Å². The van der Waals surface area contributed by atoms with Gasteiger partial charge in [-0.05, 0) is 13.8 Å². The van der Waals surface area contributed by atoms with E-state index in [0.717, 1.165) is 0 Å². The van der Waals surface area contributed by atoms with Crippen molar-refractivity contribution in [3.05, 3.63) is 48.9 Å². The predicted octanol–water partition coefficient (Wildman–Crippen LogP) is 3.08. The van der Waals surface area contributed by atoms with Gasteiger partial charge in [0.2, 0.25) is 0 Å². The maximum Gasteiger partial charge on any atom is 0.0463 e. The second-order valence-electron chi connectivity index (χ2n) is 5.37. The van der Waals surface area contributed by atoms with E-state index in [2.05, 4.69) is 45.5 Å². The van der Waals surface area contributed by atoms with Crippen LogP contribution in [-0.2, 0) is 0 Å². The summed E-state index contributed by atoms with van der Waals surface area (Å²) in [6.45, 7) is 20.9. The summed E-state index contributed by atoms with van der Waals surface area (Å²) in [6.07, 6.45) is 0. The Morgan fingerprint density at radius 3 is 1.69 bits per heavy atom. The average molecular weight is 233 g/mol. The smallest absolute Gasteiger partial charge is 0.0463 e. The van der Waals surface area contributed by atoms with Gasteiger partial charge in [-0.2, -0.15) is 0 Å². The number of hydrogen-bond donors (Lipinski definition) is 1. The van der Waals surface area contributed by atoms with Gasteiger partial charge in [0.1, 0.15) is 0 Å². The molecule has 3 saturated heterocycles. The third-order valence-corrected chi connectivity index (χ3v) is 9.49. The van der Waals surface area contributed by atoms with Crippen LogP contribution in [0.4, 0.5) is 0 Å². The van der Waals surface area contributed by atoms with E-state index in [-0.39, 0.29) is 0 Å². The molecule has 86 valence electrons. The molecule has 16 heavy (non-hydrogen) atoms. The zero-order valence-electron chi connectivity index (χ0n) is 10.0. The summed E-state index contributed by atoms with van der Waals surface area (Å²) < 4.78 is 0. The summed E-state index contributed by atoms with van der Waals surface area (Å²) >= 11 is 0. The fraction of sp³-hybridized carbons (Fsp3) is 0.429. The number of rotatable bonds is 2. The van der Waals surface area contributed by atoms with Crippen LogP contribution in [0.3, 0.4) is 0 Å². The van der Waals surface area contributed by atoms with E-state index in [1.807, 2.05) is 0 Å². The molecule has 4 atom stereocenters. The quantitative estimate of drug-likeness (QED) is 0.571. The maximum absolute atomic E-state index is 4.16. The molecule has 3 heterocycles. The fourth-order valence-electron chi connectivity index (χ4n) is 3.72. The molecule has 3 aliphatic rings. The number of fused-ring (bicyclic) bond motifs is 3. The molecule has 1 nitrogen and oxygen atoms in total. The van der Waals surface area contributed by atoms with Crippen LogP contribution in [0.25, 0.3) is 0 Å². The van der Waals surface area contributed by atoms with E-state index in [0.29, 0.717) is 21.0 Å². The highest BCUT2D eigenvalue weighted by atomic mass is 32.3. The average Bonchev–Trinajstić information content (AvgIpc) is 2.97. The summed E-state index contributed by atoms with van der Waals surface area (Å²) in [5.41, 5.74) is 5.05. The van der Waals surface area contributed by atoms with Crippen LogP contribution in [0, 0.1) is 0 Å². The minimum absolute atomic E-state index is 0.589. The summed E-state index contributed by atoms with van der Waals surface area (Å²) in [5.74, 6) is 0. The molecule has 3 rings (SSSR count). The van der Waals surface area contributed by atoms with Crippen LogP contribution in [-0.4, -0.2) is 21.0 Å². The highest BCUT2D eigenvalue weighted by Gasteiger charge is 2.83. The molecule has 0 aromatic heterocycles. The Morgan fingerprint density at radius 2 is 1.38 bits per heavy atom. The minimum atomic E-state index is -0.589. The van der Waals surface area contributed by atoms with Crippen LogP contribution >= 0.6 is 10.0 Å². The molecule has 0 bridgehead atoms. The van der Waals surface area contributed by atoms with Gasteiger partial charge in [0.25, 0.3) is 0 Å². The Bertz CT molecular complexity index is 417. The Morgan fingerprint density at radius 1 is 1.00 bits per heavy atom. The third-order valence-electron chi connectivity index (χ3n) is 4.14. The van der Waals surface area contributed by atoms with Gasteiger partial charge in [0.15, 0.2) is 0 Å². The first kappa shape index (κ1) is 10.3. The molecule has 1 spiro atoms. The van der Waals surface area contributed by atoms with Crippen molar-refractivity contribution in [2.75, 3.05) is 0 Å². The number of nitrogens with one attached hydrogen (secondary N) is 1. The van der Waals surface area contributed by atoms with Crippen molar-refractivity contribution in [1.82, 2.24) is 5.32 Å². The van der Waals surface area contributed by atoms with Gasteiger partial charge in [-0.15, -0.1) is 0 Å². The lowest BCUT2D eigenvalue weighted by Gasteiger charge is -2.12. The second-order valence-corrected chi connectivity index (χ2v) is 9.03. The third kappa shape index (κ3) is 0.866. The SMILES string of the molecule is C=C(C)C1C(C(=C)C)S12C1C(=C)NC(=C)C12. The van der Waals surface area contributed by atoms with E-state index in [4.69, 9.17) is 0 Å². The normalized spacial score (nSPS) is 51.6.